The van der Waals surface area contributed by atoms with E-state index in [9.17, 15) is 0 Å². The van der Waals surface area contributed by atoms with Crippen molar-refractivity contribution in [2.24, 2.45) is 0 Å². The Morgan fingerprint density at radius 1 is 1.17 bits per heavy atom. The number of pyridine rings is 1. The van der Waals surface area contributed by atoms with Gasteiger partial charge in [0.15, 0.2) is 11.5 Å². The summed E-state index contributed by atoms with van der Waals surface area (Å²) in [6.07, 6.45) is 1.99. The van der Waals surface area contributed by atoms with Gasteiger partial charge in [0, 0.05) is 12.7 Å². The van der Waals surface area contributed by atoms with Crippen LogP contribution in [-0.4, -0.2) is 21.7 Å². The van der Waals surface area contributed by atoms with Gasteiger partial charge < -0.3 is 10.1 Å². The molecule has 23 heavy (non-hydrogen) atoms. The summed E-state index contributed by atoms with van der Waals surface area (Å²) in [6, 6.07) is 10.3. The van der Waals surface area contributed by atoms with Crippen LogP contribution >= 0.6 is 0 Å². The SMILES string of the molecule is COc1c(C)cc(CN[C@H](C)c2nnc3ccccn23)cc1C. The number of rotatable bonds is 5. The Morgan fingerprint density at radius 2 is 1.91 bits per heavy atom. The molecule has 5 heteroatoms. The van der Waals surface area contributed by atoms with Crippen molar-refractivity contribution in [3.8, 4) is 5.75 Å². The van der Waals surface area contributed by atoms with E-state index < -0.39 is 0 Å². The molecule has 0 spiro atoms. The summed E-state index contributed by atoms with van der Waals surface area (Å²) in [5.74, 6) is 1.88. The van der Waals surface area contributed by atoms with E-state index in [0.29, 0.717) is 0 Å². The second-order valence-electron chi connectivity index (χ2n) is 5.85. The van der Waals surface area contributed by atoms with Crippen LogP contribution in [0.3, 0.4) is 0 Å². The zero-order chi connectivity index (χ0) is 16.4. The number of nitrogens with zero attached hydrogens (tertiary/aromatic N) is 3. The summed E-state index contributed by atoms with van der Waals surface area (Å²) >= 11 is 0. The summed E-state index contributed by atoms with van der Waals surface area (Å²) in [4.78, 5) is 0. The fraction of sp³-hybridized carbons (Fsp3) is 0.333. The standard InChI is InChI=1S/C18H22N4O/c1-12-9-15(10-13(2)17(12)23-4)11-19-14(3)18-21-20-16-7-5-6-8-22(16)18/h5-10,14,19H,11H2,1-4H3/t14-/m1/s1. The molecule has 5 nitrogen and oxygen atoms in total. The Labute approximate surface area is 136 Å². The largest absolute Gasteiger partial charge is 0.496 e. The van der Waals surface area contributed by atoms with Crippen LogP contribution in [0.4, 0.5) is 0 Å². The second-order valence-corrected chi connectivity index (χ2v) is 5.85. The number of benzene rings is 1. The first-order valence-electron chi connectivity index (χ1n) is 7.77. The van der Waals surface area contributed by atoms with Crippen molar-refractivity contribution in [1.29, 1.82) is 0 Å². The van der Waals surface area contributed by atoms with Gasteiger partial charge in [-0.25, -0.2) is 0 Å². The molecule has 0 amide bonds. The molecule has 0 bridgehead atoms. The third-order valence-electron chi connectivity index (χ3n) is 4.06. The van der Waals surface area contributed by atoms with Crippen LogP contribution in [0.1, 0.15) is 35.5 Å². The zero-order valence-corrected chi connectivity index (χ0v) is 14.0. The van der Waals surface area contributed by atoms with E-state index in [4.69, 9.17) is 4.74 Å². The smallest absolute Gasteiger partial charge is 0.160 e. The monoisotopic (exact) mass is 310 g/mol. The van der Waals surface area contributed by atoms with Gasteiger partial charge >= 0.3 is 0 Å². The summed E-state index contributed by atoms with van der Waals surface area (Å²) in [5, 5.41) is 12.0. The molecule has 3 rings (SSSR count). The lowest BCUT2D eigenvalue weighted by Gasteiger charge is -2.15. The maximum absolute atomic E-state index is 5.42. The van der Waals surface area contributed by atoms with Gasteiger partial charge in [0.2, 0.25) is 0 Å². The highest BCUT2D eigenvalue weighted by molar-refractivity contribution is 5.43. The van der Waals surface area contributed by atoms with Crippen LogP contribution < -0.4 is 10.1 Å². The van der Waals surface area contributed by atoms with Crippen LogP contribution in [0.25, 0.3) is 5.65 Å². The Bertz CT molecular complexity index is 802. The molecule has 1 aromatic carbocycles. The third kappa shape index (κ3) is 3.05. The van der Waals surface area contributed by atoms with Gasteiger partial charge in [0.25, 0.3) is 0 Å². The Balaban J connectivity index is 1.75. The molecule has 120 valence electrons. The minimum absolute atomic E-state index is 0.107. The molecule has 2 heterocycles. The first-order chi connectivity index (χ1) is 11.1. The summed E-state index contributed by atoms with van der Waals surface area (Å²) in [6.45, 7) is 7.02. The Morgan fingerprint density at radius 3 is 2.61 bits per heavy atom. The van der Waals surface area contributed by atoms with Gasteiger partial charge in [-0.15, -0.1) is 10.2 Å². The molecule has 0 unspecified atom stereocenters. The minimum atomic E-state index is 0.107. The van der Waals surface area contributed by atoms with Crippen molar-refractivity contribution in [1.82, 2.24) is 19.9 Å². The first kappa shape index (κ1) is 15.5. The molecule has 0 aliphatic carbocycles. The normalized spacial score (nSPS) is 12.5. The van der Waals surface area contributed by atoms with E-state index in [0.717, 1.165) is 34.9 Å². The van der Waals surface area contributed by atoms with Crippen LogP contribution in [0.2, 0.25) is 0 Å². The van der Waals surface area contributed by atoms with Crippen LogP contribution in [-0.2, 0) is 6.54 Å². The number of methoxy groups -OCH3 is 1. The fourth-order valence-corrected chi connectivity index (χ4v) is 2.98. The highest BCUT2D eigenvalue weighted by Gasteiger charge is 2.13. The van der Waals surface area contributed by atoms with E-state index in [1.165, 1.54) is 5.56 Å². The molecule has 3 aromatic rings. The van der Waals surface area contributed by atoms with Crippen molar-refractivity contribution in [3.05, 3.63) is 59.0 Å². The quantitative estimate of drug-likeness (QED) is 0.786. The number of aryl methyl sites for hydroxylation is 2. The first-order valence-corrected chi connectivity index (χ1v) is 7.77. The summed E-state index contributed by atoms with van der Waals surface area (Å²) in [5.41, 5.74) is 4.42. The number of aromatic nitrogens is 3. The molecule has 2 aromatic heterocycles. The molecule has 0 saturated carbocycles. The predicted molar refractivity (Wildman–Crippen MR) is 90.7 cm³/mol. The Hall–Kier alpha value is -2.40. The van der Waals surface area contributed by atoms with Crippen LogP contribution in [0.15, 0.2) is 36.5 Å². The second kappa shape index (κ2) is 6.38. The lowest BCUT2D eigenvalue weighted by atomic mass is 10.1. The van der Waals surface area contributed by atoms with Gasteiger partial charge in [0.1, 0.15) is 5.75 Å². The molecule has 0 aliphatic rings. The topological polar surface area (TPSA) is 51.5 Å². The highest BCUT2D eigenvalue weighted by Crippen LogP contribution is 2.24. The maximum Gasteiger partial charge on any atom is 0.160 e. The van der Waals surface area contributed by atoms with Crippen LogP contribution in [0.5, 0.6) is 5.75 Å². The molecule has 0 aliphatic heterocycles. The number of hydrogen-bond acceptors (Lipinski definition) is 4. The molecule has 0 radical (unpaired) electrons. The average Bonchev–Trinajstić information content (AvgIpc) is 2.96. The Kier molecular flexibility index (Phi) is 4.30. The third-order valence-corrected chi connectivity index (χ3v) is 4.06. The lowest BCUT2D eigenvalue weighted by molar-refractivity contribution is 0.408. The number of ether oxygens (including phenoxy) is 1. The lowest BCUT2D eigenvalue weighted by Crippen LogP contribution is -2.20. The molecule has 0 fully saturated rings. The molecule has 1 atom stereocenters. The average molecular weight is 310 g/mol. The van der Waals surface area contributed by atoms with Gasteiger partial charge in [-0.1, -0.05) is 18.2 Å². The van der Waals surface area contributed by atoms with Crippen molar-refractivity contribution < 1.29 is 4.74 Å². The van der Waals surface area contributed by atoms with Crippen molar-refractivity contribution in [2.75, 3.05) is 7.11 Å². The van der Waals surface area contributed by atoms with E-state index in [-0.39, 0.29) is 6.04 Å². The van der Waals surface area contributed by atoms with E-state index in [2.05, 4.69) is 48.4 Å². The summed E-state index contributed by atoms with van der Waals surface area (Å²) in [7, 11) is 1.71. The highest BCUT2D eigenvalue weighted by atomic mass is 16.5. The van der Waals surface area contributed by atoms with Crippen molar-refractivity contribution in [3.63, 3.8) is 0 Å². The predicted octanol–water partition coefficient (Wildman–Crippen LogP) is 3.21. The zero-order valence-electron chi connectivity index (χ0n) is 14.0. The van der Waals surface area contributed by atoms with Crippen molar-refractivity contribution >= 4 is 5.65 Å². The fourth-order valence-electron chi connectivity index (χ4n) is 2.98. The number of hydrogen-bond donors (Lipinski definition) is 1. The van der Waals surface area contributed by atoms with Gasteiger partial charge in [-0.2, -0.15) is 0 Å². The summed E-state index contributed by atoms with van der Waals surface area (Å²) < 4.78 is 7.44. The van der Waals surface area contributed by atoms with E-state index in [1.807, 2.05) is 28.8 Å². The number of nitrogens with one attached hydrogen (secondary N) is 1. The minimum Gasteiger partial charge on any atom is -0.496 e. The van der Waals surface area contributed by atoms with Crippen molar-refractivity contribution in [2.45, 2.75) is 33.4 Å². The molecular weight excluding hydrogens is 288 g/mol. The van der Waals surface area contributed by atoms with E-state index in [1.54, 1.807) is 7.11 Å². The molecule has 0 saturated heterocycles. The van der Waals surface area contributed by atoms with Gasteiger partial charge in [-0.05, 0) is 49.6 Å². The van der Waals surface area contributed by atoms with E-state index >= 15 is 0 Å². The maximum atomic E-state index is 5.42. The number of fused-ring (bicyclic) bond motifs is 1. The molecular formula is C18H22N4O. The van der Waals surface area contributed by atoms with Gasteiger partial charge in [-0.3, -0.25) is 4.40 Å². The van der Waals surface area contributed by atoms with Gasteiger partial charge in [0.05, 0.1) is 13.2 Å². The molecule has 1 N–H and O–H groups in total. The van der Waals surface area contributed by atoms with Crippen LogP contribution in [0, 0.1) is 13.8 Å².